The SMILES string of the molecule is CCCCN(CCCC)CCCNCc1cccc(OCc2ccc(C)cc2)c1. The van der Waals surface area contributed by atoms with Crippen LogP contribution in [0.15, 0.2) is 48.5 Å². The molecule has 0 atom stereocenters. The Hall–Kier alpha value is -1.84. The number of hydrogen-bond donors (Lipinski definition) is 1. The smallest absolute Gasteiger partial charge is 0.120 e. The molecule has 0 aliphatic rings. The van der Waals surface area contributed by atoms with Gasteiger partial charge in [-0.15, -0.1) is 0 Å². The Kier molecular flexibility index (Phi) is 11.5. The molecule has 0 radical (unpaired) electrons. The van der Waals surface area contributed by atoms with Crippen molar-refractivity contribution in [3.63, 3.8) is 0 Å². The summed E-state index contributed by atoms with van der Waals surface area (Å²) in [5, 5.41) is 3.59. The highest BCUT2D eigenvalue weighted by Gasteiger charge is 2.04. The topological polar surface area (TPSA) is 24.5 Å². The third-order valence-electron chi connectivity index (χ3n) is 5.24. The number of benzene rings is 2. The summed E-state index contributed by atoms with van der Waals surface area (Å²) in [4.78, 5) is 2.63. The van der Waals surface area contributed by atoms with Crippen LogP contribution >= 0.6 is 0 Å². The largest absolute Gasteiger partial charge is 0.489 e. The first-order valence-corrected chi connectivity index (χ1v) is 11.4. The Balaban J connectivity index is 1.68. The van der Waals surface area contributed by atoms with Gasteiger partial charge in [-0.3, -0.25) is 0 Å². The molecule has 29 heavy (non-hydrogen) atoms. The Morgan fingerprint density at radius 3 is 2.21 bits per heavy atom. The second kappa shape index (κ2) is 14.2. The first kappa shape index (κ1) is 23.4. The maximum Gasteiger partial charge on any atom is 0.120 e. The summed E-state index contributed by atoms with van der Waals surface area (Å²) in [6, 6.07) is 17.0. The van der Waals surface area contributed by atoms with E-state index in [0.717, 1.165) is 18.8 Å². The van der Waals surface area contributed by atoms with Crippen LogP contribution in [-0.2, 0) is 13.2 Å². The van der Waals surface area contributed by atoms with E-state index in [1.807, 2.05) is 6.07 Å². The molecule has 3 nitrogen and oxygen atoms in total. The molecule has 0 spiro atoms. The predicted octanol–water partition coefficient (Wildman–Crippen LogP) is 5.96. The first-order chi connectivity index (χ1) is 14.2. The van der Waals surface area contributed by atoms with Crippen molar-refractivity contribution in [2.75, 3.05) is 26.2 Å². The van der Waals surface area contributed by atoms with Crippen molar-refractivity contribution in [2.24, 2.45) is 0 Å². The van der Waals surface area contributed by atoms with Crippen LogP contribution in [0.3, 0.4) is 0 Å². The van der Waals surface area contributed by atoms with E-state index in [9.17, 15) is 0 Å². The molecule has 0 amide bonds. The van der Waals surface area contributed by atoms with Gasteiger partial charge in [0.05, 0.1) is 0 Å². The van der Waals surface area contributed by atoms with Crippen molar-refractivity contribution in [3.05, 3.63) is 65.2 Å². The first-order valence-electron chi connectivity index (χ1n) is 11.4. The van der Waals surface area contributed by atoms with E-state index in [0.29, 0.717) is 6.61 Å². The van der Waals surface area contributed by atoms with Gasteiger partial charge in [0.2, 0.25) is 0 Å². The average molecular weight is 397 g/mol. The van der Waals surface area contributed by atoms with Gasteiger partial charge in [0.15, 0.2) is 0 Å². The third kappa shape index (κ3) is 9.96. The van der Waals surface area contributed by atoms with Gasteiger partial charge < -0.3 is 15.0 Å². The zero-order valence-corrected chi connectivity index (χ0v) is 18.8. The number of aryl methyl sites for hydroxylation is 1. The summed E-state index contributed by atoms with van der Waals surface area (Å²) in [5.74, 6) is 0.940. The van der Waals surface area contributed by atoms with Crippen LogP contribution in [0.1, 0.15) is 62.6 Å². The second-order valence-electron chi connectivity index (χ2n) is 8.00. The lowest BCUT2D eigenvalue weighted by Gasteiger charge is -2.22. The van der Waals surface area contributed by atoms with Crippen LogP contribution < -0.4 is 10.1 Å². The molecule has 0 fully saturated rings. The Labute approximate surface area is 178 Å². The van der Waals surface area contributed by atoms with Gasteiger partial charge in [0.1, 0.15) is 12.4 Å². The monoisotopic (exact) mass is 396 g/mol. The normalized spacial score (nSPS) is 11.2. The minimum absolute atomic E-state index is 0.614. The average Bonchev–Trinajstić information content (AvgIpc) is 2.75. The zero-order valence-electron chi connectivity index (χ0n) is 18.8. The summed E-state index contributed by atoms with van der Waals surface area (Å²) >= 11 is 0. The number of unbranched alkanes of at least 4 members (excludes halogenated alkanes) is 2. The minimum Gasteiger partial charge on any atom is -0.489 e. The highest BCUT2D eigenvalue weighted by molar-refractivity contribution is 5.29. The number of nitrogens with zero attached hydrogens (tertiary/aromatic N) is 1. The highest BCUT2D eigenvalue weighted by atomic mass is 16.5. The van der Waals surface area contributed by atoms with Crippen molar-refractivity contribution < 1.29 is 4.74 Å². The fraction of sp³-hybridized carbons (Fsp3) is 0.538. The molecule has 0 bridgehead atoms. The number of rotatable bonds is 15. The molecule has 2 aromatic carbocycles. The number of ether oxygens (including phenoxy) is 1. The van der Waals surface area contributed by atoms with Gasteiger partial charge in [-0.1, -0.05) is 68.7 Å². The molecule has 0 saturated heterocycles. The van der Waals surface area contributed by atoms with Gasteiger partial charge in [-0.25, -0.2) is 0 Å². The summed E-state index contributed by atoms with van der Waals surface area (Å²) in [5.41, 5.74) is 3.76. The van der Waals surface area contributed by atoms with E-state index in [-0.39, 0.29) is 0 Å². The molecule has 2 aromatic rings. The third-order valence-corrected chi connectivity index (χ3v) is 5.24. The van der Waals surface area contributed by atoms with E-state index in [4.69, 9.17) is 4.74 Å². The molecule has 0 aliphatic heterocycles. The maximum absolute atomic E-state index is 5.97. The van der Waals surface area contributed by atoms with Crippen LogP contribution in [0, 0.1) is 6.92 Å². The summed E-state index contributed by atoms with van der Waals surface area (Å²) in [6.07, 6.45) is 6.39. The molecule has 3 heteroatoms. The Morgan fingerprint density at radius 2 is 1.52 bits per heavy atom. The zero-order chi connectivity index (χ0) is 20.7. The summed E-state index contributed by atoms with van der Waals surface area (Å²) < 4.78 is 5.97. The van der Waals surface area contributed by atoms with Crippen LogP contribution in [0.4, 0.5) is 0 Å². The molecule has 1 N–H and O–H groups in total. The van der Waals surface area contributed by atoms with Crippen molar-refractivity contribution in [3.8, 4) is 5.75 Å². The molecule has 0 heterocycles. The van der Waals surface area contributed by atoms with E-state index in [1.165, 1.54) is 68.4 Å². The van der Waals surface area contributed by atoms with E-state index < -0.39 is 0 Å². The minimum atomic E-state index is 0.614. The van der Waals surface area contributed by atoms with Crippen LogP contribution in [0.2, 0.25) is 0 Å². The molecule has 0 aliphatic carbocycles. The lowest BCUT2D eigenvalue weighted by molar-refractivity contribution is 0.261. The molecule has 2 rings (SSSR count). The Bertz CT molecular complexity index is 661. The van der Waals surface area contributed by atoms with Gasteiger partial charge in [0, 0.05) is 6.54 Å². The molecular weight excluding hydrogens is 356 g/mol. The molecule has 160 valence electrons. The standard InChI is InChI=1S/C26H40N2O/c1-4-6-17-28(18-7-5-2)19-9-16-27-21-25-10-8-11-26(20-25)29-22-24-14-12-23(3)13-15-24/h8,10-15,20,27H,4-7,9,16-19,21-22H2,1-3H3. The maximum atomic E-state index is 5.97. The van der Waals surface area contributed by atoms with E-state index in [2.05, 4.69) is 73.5 Å². The number of nitrogens with one attached hydrogen (secondary N) is 1. The van der Waals surface area contributed by atoms with Gasteiger partial charge >= 0.3 is 0 Å². The lowest BCUT2D eigenvalue weighted by Crippen LogP contribution is -2.29. The van der Waals surface area contributed by atoms with E-state index in [1.54, 1.807) is 0 Å². The fourth-order valence-electron chi connectivity index (χ4n) is 3.36. The summed E-state index contributed by atoms with van der Waals surface area (Å²) in [6.45, 7) is 12.9. The van der Waals surface area contributed by atoms with Crippen LogP contribution in [0.5, 0.6) is 5.75 Å². The molecule has 0 aromatic heterocycles. The van der Waals surface area contributed by atoms with Gasteiger partial charge in [-0.2, -0.15) is 0 Å². The number of hydrogen-bond acceptors (Lipinski definition) is 3. The van der Waals surface area contributed by atoms with Gasteiger partial charge in [-0.05, 0) is 75.6 Å². The quantitative estimate of drug-likeness (QED) is 0.376. The van der Waals surface area contributed by atoms with Crippen LogP contribution in [-0.4, -0.2) is 31.1 Å². The predicted molar refractivity (Wildman–Crippen MR) is 125 cm³/mol. The summed E-state index contributed by atoms with van der Waals surface area (Å²) in [7, 11) is 0. The fourth-order valence-corrected chi connectivity index (χ4v) is 3.36. The van der Waals surface area contributed by atoms with Crippen molar-refractivity contribution >= 4 is 0 Å². The molecule has 0 unspecified atom stereocenters. The lowest BCUT2D eigenvalue weighted by atomic mass is 10.1. The van der Waals surface area contributed by atoms with Crippen molar-refractivity contribution in [1.82, 2.24) is 10.2 Å². The molecular formula is C26H40N2O. The van der Waals surface area contributed by atoms with Crippen LogP contribution in [0.25, 0.3) is 0 Å². The van der Waals surface area contributed by atoms with E-state index >= 15 is 0 Å². The highest BCUT2D eigenvalue weighted by Crippen LogP contribution is 2.15. The van der Waals surface area contributed by atoms with Crippen molar-refractivity contribution in [1.29, 1.82) is 0 Å². The van der Waals surface area contributed by atoms with Crippen molar-refractivity contribution in [2.45, 2.75) is 66.0 Å². The van der Waals surface area contributed by atoms with Gasteiger partial charge in [0.25, 0.3) is 0 Å². The second-order valence-corrected chi connectivity index (χ2v) is 8.00. The molecule has 0 saturated carbocycles. The Morgan fingerprint density at radius 1 is 0.828 bits per heavy atom.